The summed E-state index contributed by atoms with van der Waals surface area (Å²) in [5.41, 5.74) is 4.60. The molecule has 0 heterocycles. The SMILES string of the molecule is Cc1cc(F)cc(NC2CCCc3ccccc32)c1. The molecule has 1 unspecified atom stereocenters. The maximum atomic E-state index is 13.4. The van der Waals surface area contributed by atoms with Crippen molar-refractivity contribution in [2.75, 3.05) is 5.32 Å². The first-order valence-electron chi connectivity index (χ1n) is 6.84. The molecule has 2 aromatic rings. The summed E-state index contributed by atoms with van der Waals surface area (Å²) in [6.45, 7) is 1.92. The third-order valence-corrected chi connectivity index (χ3v) is 3.75. The Labute approximate surface area is 113 Å². The largest absolute Gasteiger partial charge is 0.378 e. The first-order valence-corrected chi connectivity index (χ1v) is 6.84. The maximum absolute atomic E-state index is 13.4. The lowest BCUT2D eigenvalue weighted by atomic mass is 9.87. The third kappa shape index (κ3) is 2.62. The number of benzene rings is 2. The van der Waals surface area contributed by atoms with Gasteiger partial charge in [-0.05, 0) is 61.1 Å². The second kappa shape index (κ2) is 5.04. The molecule has 0 amide bonds. The van der Waals surface area contributed by atoms with E-state index in [9.17, 15) is 4.39 Å². The quantitative estimate of drug-likeness (QED) is 0.825. The van der Waals surface area contributed by atoms with E-state index < -0.39 is 0 Å². The van der Waals surface area contributed by atoms with Gasteiger partial charge in [0.25, 0.3) is 0 Å². The van der Waals surface area contributed by atoms with E-state index in [2.05, 4.69) is 29.6 Å². The van der Waals surface area contributed by atoms with E-state index in [0.717, 1.165) is 24.1 Å². The van der Waals surface area contributed by atoms with Gasteiger partial charge in [0.2, 0.25) is 0 Å². The lowest BCUT2D eigenvalue weighted by molar-refractivity contribution is 0.597. The van der Waals surface area contributed by atoms with Crippen molar-refractivity contribution < 1.29 is 4.39 Å². The van der Waals surface area contributed by atoms with Crippen LogP contribution in [0.5, 0.6) is 0 Å². The van der Waals surface area contributed by atoms with Crippen LogP contribution >= 0.6 is 0 Å². The van der Waals surface area contributed by atoms with Gasteiger partial charge in [-0.3, -0.25) is 0 Å². The van der Waals surface area contributed by atoms with Crippen molar-refractivity contribution in [3.05, 3.63) is 65.0 Å². The zero-order valence-corrected chi connectivity index (χ0v) is 11.1. The number of rotatable bonds is 2. The molecule has 1 N–H and O–H groups in total. The Hall–Kier alpha value is -1.83. The second-order valence-electron chi connectivity index (χ2n) is 5.31. The van der Waals surface area contributed by atoms with Crippen molar-refractivity contribution in [3.8, 4) is 0 Å². The molecule has 98 valence electrons. The number of hydrogen-bond acceptors (Lipinski definition) is 1. The Kier molecular flexibility index (Phi) is 3.24. The lowest BCUT2D eigenvalue weighted by Gasteiger charge is -2.27. The molecule has 1 aliphatic carbocycles. The van der Waals surface area contributed by atoms with Crippen molar-refractivity contribution in [2.45, 2.75) is 32.2 Å². The highest BCUT2D eigenvalue weighted by molar-refractivity contribution is 5.49. The smallest absolute Gasteiger partial charge is 0.125 e. The molecule has 19 heavy (non-hydrogen) atoms. The minimum Gasteiger partial charge on any atom is -0.378 e. The molecule has 1 nitrogen and oxygen atoms in total. The predicted molar refractivity (Wildman–Crippen MR) is 76.9 cm³/mol. The number of halogens is 1. The topological polar surface area (TPSA) is 12.0 Å². The van der Waals surface area contributed by atoms with Crippen LogP contribution in [-0.4, -0.2) is 0 Å². The van der Waals surface area contributed by atoms with Crippen molar-refractivity contribution >= 4 is 5.69 Å². The molecule has 0 bridgehead atoms. The van der Waals surface area contributed by atoms with Crippen LogP contribution < -0.4 is 5.32 Å². The molecule has 0 aromatic heterocycles. The molecule has 0 spiro atoms. The number of aryl methyl sites for hydroxylation is 2. The molecule has 0 radical (unpaired) electrons. The summed E-state index contributed by atoms with van der Waals surface area (Å²) in [4.78, 5) is 0. The first kappa shape index (κ1) is 12.2. The van der Waals surface area contributed by atoms with E-state index in [1.165, 1.54) is 17.5 Å². The molecule has 1 atom stereocenters. The summed E-state index contributed by atoms with van der Waals surface area (Å²) < 4.78 is 13.4. The molecular weight excluding hydrogens is 237 g/mol. The van der Waals surface area contributed by atoms with E-state index in [-0.39, 0.29) is 5.82 Å². The average Bonchev–Trinajstić information content (AvgIpc) is 2.38. The van der Waals surface area contributed by atoms with Crippen LogP contribution in [0.2, 0.25) is 0 Å². The minimum absolute atomic E-state index is 0.174. The van der Waals surface area contributed by atoms with E-state index in [1.807, 2.05) is 13.0 Å². The van der Waals surface area contributed by atoms with E-state index in [1.54, 1.807) is 12.1 Å². The Morgan fingerprint density at radius 2 is 2.00 bits per heavy atom. The van der Waals surface area contributed by atoms with Crippen molar-refractivity contribution in [3.63, 3.8) is 0 Å². The number of anilines is 1. The first-order chi connectivity index (χ1) is 9.22. The summed E-state index contributed by atoms with van der Waals surface area (Å²) in [6, 6.07) is 14.0. The zero-order valence-electron chi connectivity index (χ0n) is 11.1. The van der Waals surface area contributed by atoms with Gasteiger partial charge in [0, 0.05) is 5.69 Å². The molecular formula is C17H18FN. The summed E-state index contributed by atoms with van der Waals surface area (Å²) in [5, 5.41) is 3.48. The van der Waals surface area contributed by atoms with E-state index >= 15 is 0 Å². The molecule has 0 aliphatic heterocycles. The number of hydrogen-bond donors (Lipinski definition) is 1. The Balaban J connectivity index is 1.88. The van der Waals surface area contributed by atoms with Crippen LogP contribution in [0, 0.1) is 12.7 Å². The highest BCUT2D eigenvalue weighted by Crippen LogP contribution is 2.32. The van der Waals surface area contributed by atoms with Gasteiger partial charge in [-0.2, -0.15) is 0 Å². The summed E-state index contributed by atoms with van der Waals surface area (Å²) >= 11 is 0. The number of fused-ring (bicyclic) bond motifs is 1. The number of nitrogens with one attached hydrogen (secondary N) is 1. The molecule has 0 fully saturated rings. The fourth-order valence-corrected chi connectivity index (χ4v) is 2.92. The molecule has 2 heteroatoms. The van der Waals surface area contributed by atoms with Gasteiger partial charge in [0.05, 0.1) is 6.04 Å². The van der Waals surface area contributed by atoms with Gasteiger partial charge in [-0.1, -0.05) is 24.3 Å². The summed E-state index contributed by atoms with van der Waals surface area (Å²) in [7, 11) is 0. The summed E-state index contributed by atoms with van der Waals surface area (Å²) in [5.74, 6) is -0.174. The molecule has 0 saturated heterocycles. The van der Waals surface area contributed by atoms with Crippen molar-refractivity contribution in [1.29, 1.82) is 0 Å². The van der Waals surface area contributed by atoms with Gasteiger partial charge in [0.1, 0.15) is 5.82 Å². The van der Waals surface area contributed by atoms with Crippen LogP contribution in [-0.2, 0) is 6.42 Å². The van der Waals surface area contributed by atoms with Crippen LogP contribution in [0.1, 0.15) is 35.6 Å². The fourth-order valence-electron chi connectivity index (χ4n) is 2.92. The highest BCUT2D eigenvalue weighted by Gasteiger charge is 2.19. The van der Waals surface area contributed by atoms with Gasteiger partial charge in [0.15, 0.2) is 0 Å². The fraction of sp³-hybridized carbons (Fsp3) is 0.294. The third-order valence-electron chi connectivity index (χ3n) is 3.75. The van der Waals surface area contributed by atoms with Crippen molar-refractivity contribution in [2.24, 2.45) is 0 Å². The maximum Gasteiger partial charge on any atom is 0.125 e. The van der Waals surface area contributed by atoms with Gasteiger partial charge in [-0.15, -0.1) is 0 Å². The Morgan fingerprint density at radius 1 is 1.16 bits per heavy atom. The molecule has 1 aliphatic rings. The highest BCUT2D eigenvalue weighted by atomic mass is 19.1. The monoisotopic (exact) mass is 255 g/mol. The zero-order chi connectivity index (χ0) is 13.2. The Bertz CT molecular complexity index is 571. The van der Waals surface area contributed by atoms with Crippen molar-refractivity contribution in [1.82, 2.24) is 0 Å². The van der Waals surface area contributed by atoms with Crippen LogP contribution in [0.15, 0.2) is 42.5 Å². The lowest BCUT2D eigenvalue weighted by Crippen LogP contribution is -2.17. The Morgan fingerprint density at radius 3 is 2.84 bits per heavy atom. The van der Waals surface area contributed by atoms with E-state index in [4.69, 9.17) is 0 Å². The summed E-state index contributed by atoms with van der Waals surface area (Å²) in [6.07, 6.45) is 3.44. The van der Waals surface area contributed by atoms with E-state index in [0.29, 0.717) is 6.04 Å². The van der Waals surface area contributed by atoms with Crippen LogP contribution in [0.25, 0.3) is 0 Å². The van der Waals surface area contributed by atoms with Gasteiger partial charge < -0.3 is 5.32 Å². The molecule has 0 saturated carbocycles. The molecule has 2 aromatic carbocycles. The second-order valence-corrected chi connectivity index (χ2v) is 5.31. The average molecular weight is 255 g/mol. The predicted octanol–water partition coefficient (Wildman–Crippen LogP) is 4.62. The standard InChI is InChI=1S/C17H18FN/c1-12-9-14(18)11-15(10-12)19-17-8-4-6-13-5-2-3-7-16(13)17/h2-3,5,7,9-11,17,19H,4,6,8H2,1H3. The minimum atomic E-state index is -0.174. The van der Waals surface area contributed by atoms with Crippen LogP contribution in [0.3, 0.4) is 0 Å². The van der Waals surface area contributed by atoms with Gasteiger partial charge in [-0.25, -0.2) is 4.39 Å². The van der Waals surface area contributed by atoms with Crippen LogP contribution in [0.4, 0.5) is 10.1 Å². The van der Waals surface area contributed by atoms with Gasteiger partial charge >= 0.3 is 0 Å². The molecule has 3 rings (SSSR count). The normalized spacial score (nSPS) is 17.9.